The van der Waals surface area contributed by atoms with Crippen molar-refractivity contribution in [1.82, 2.24) is 15.1 Å². The van der Waals surface area contributed by atoms with Gasteiger partial charge in [-0.1, -0.05) is 19.3 Å². The molecule has 0 unspecified atom stereocenters. The van der Waals surface area contributed by atoms with Gasteiger partial charge in [0.25, 0.3) is 0 Å². The summed E-state index contributed by atoms with van der Waals surface area (Å²) >= 11 is 0. The third-order valence-corrected chi connectivity index (χ3v) is 5.81. The highest BCUT2D eigenvalue weighted by Gasteiger charge is 2.39. The molecule has 4 nitrogen and oxygen atoms in total. The first-order chi connectivity index (χ1) is 10.4. The van der Waals surface area contributed by atoms with Crippen LogP contribution < -0.4 is 5.32 Å². The van der Waals surface area contributed by atoms with E-state index in [4.69, 9.17) is 4.99 Å². The molecule has 2 aliphatic rings. The Morgan fingerprint density at radius 2 is 1.86 bits per heavy atom. The zero-order chi connectivity index (χ0) is 16.2. The Morgan fingerprint density at radius 3 is 2.45 bits per heavy atom. The number of hydrogen-bond acceptors (Lipinski definition) is 2. The van der Waals surface area contributed by atoms with Gasteiger partial charge in [0.2, 0.25) is 0 Å². The van der Waals surface area contributed by atoms with Crippen molar-refractivity contribution in [2.45, 2.75) is 64.8 Å². The number of nitrogens with zero attached hydrogens (tertiary/aromatic N) is 3. The van der Waals surface area contributed by atoms with E-state index in [2.05, 4.69) is 50.0 Å². The third-order valence-electron chi connectivity index (χ3n) is 5.81. The topological polar surface area (TPSA) is 30.9 Å². The zero-order valence-corrected chi connectivity index (χ0v) is 15.4. The molecule has 0 aromatic heterocycles. The van der Waals surface area contributed by atoms with Gasteiger partial charge >= 0.3 is 0 Å². The van der Waals surface area contributed by atoms with Crippen molar-refractivity contribution in [3.63, 3.8) is 0 Å². The van der Waals surface area contributed by atoms with Crippen LogP contribution in [0.1, 0.15) is 59.3 Å². The van der Waals surface area contributed by atoms with E-state index in [1.54, 1.807) is 0 Å². The Balaban J connectivity index is 2.02. The van der Waals surface area contributed by atoms with Crippen LogP contribution in [-0.2, 0) is 0 Å². The quantitative estimate of drug-likeness (QED) is 0.640. The van der Waals surface area contributed by atoms with E-state index in [0.717, 1.165) is 19.0 Å². The minimum Gasteiger partial charge on any atom is -0.357 e. The Kier molecular flexibility index (Phi) is 5.76. The average Bonchev–Trinajstić information content (AvgIpc) is 2.87. The molecule has 1 heterocycles. The minimum atomic E-state index is 0.100. The second-order valence-electron chi connectivity index (χ2n) is 8.11. The molecule has 4 heteroatoms. The van der Waals surface area contributed by atoms with E-state index >= 15 is 0 Å². The highest BCUT2D eigenvalue weighted by Crippen LogP contribution is 2.43. The van der Waals surface area contributed by atoms with Crippen molar-refractivity contribution in [3.05, 3.63) is 0 Å². The van der Waals surface area contributed by atoms with Crippen molar-refractivity contribution in [2.24, 2.45) is 10.4 Å². The van der Waals surface area contributed by atoms with Gasteiger partial charge in [0.15, 0.2) is 5.96 Å². The number of likely N-dealkylation sites (N-methyl/N-ethyl adjacent to an activating group) is 1. The summed E-state index contributed by atoms with van der Waals surface area (Å²) in [7, 11) is 4.27. The normalized spacial score (nSPS) is 22.6. The summed E-state index contributed by atoms with van der Waals surface area (Å²) in [5.41, 5.74) is 0.689. The Labute approximate surface area is 137 Å². The molecular formula is C18H36N4. The lowest BCUT2D eigenvalue weighted by atomic mass is 9.73. The van der Waals surface area contributed by atoms with Crippen LogP contribution in [0.4, 0.5) is 0 Å². The van der Waals surface area contributed by atoms with Crippen LogP contribution in [0.5, 0.6) is 0 Å². The highest BCUT2D eigenvalue weighted by molar-refractivity contribution is 5.80. The number of guanidine groups is 1. The van der Waals surface area contributed by atoms with E-state index in [0.29, 0.717) is 5.41 Å². The standard InChI is InChI=1S/C18H36N4/c1-6-19-16(20-14-17(2,3)21(4)5)22-13-12-18(15-22)10-8-7-9-11-18/h6-15H2,1-5H3,(H,19,20). The smallest absolute Gasteiger partial charge is 0.193 e. The molecule has 0 aromatic carbocycles. The van der Waals surface area contributed by atoms with Gasteiger partial charge < -0.3 is 15.1 Å². The molecule has 2 fully saturated rings. The Hall–Kier alpha value is -0.770. The van der Waals surface area contributed by atoms with Crippen LogP contribution in [0.3, 0.4) is 0 Å². The Morgan fingerprint density at radius 1 is 1.18 bits per heavy atom. The van der Waals surface area contributed by atoms with Crippen LogP contribution >= 0.6 is 0 Å². The molecular weight excluding hydrogens is 272 g/mol. The van der Waals surface area contributed by atoms with Gasteiger partial charge in [-0.05, 0) is 59.5 Å². The van der Waals surface area contributed by atoms with Gasteiger partial charge in [-0.3, -0.25) is 4.99 Å². The first-order valence-electron chi connectivity index (χ1n) is 9.09. The van der Waals surface area contributed by atoms with Crippen molar-refractivity contribution >= 4 is 5.96 Å². The first kappa shape index (κ1) is 17.6. The van der Waals surface area contributed by atoms with E-state index in [1.807, 2.05) is 0 Å². The van der Waals surface area contributed by atoms with Crippen molar-refractivity contribution < 1.29 is 0 Å². The molecule has 128 valence electrons. The molecule has 0 atom stereocenters. The maximum Gasteiger partial charge on any atom is 0.193 e. The third kappa shape index (κ3) is 4.15. The van der Waals surface area contributed by atoms with E-state index in [-0.39, 0.29) is 5.54 Å². The van der Waals surface area contributed by atoms with Crippen LogP contribution in [0, 0.1) is 5.41 Å². The molecule has 1 saturated carbocycles. The maximum atomic E-state index is 4.96. The number of nitrogens with one attached hydrogen (secondary N) is 1. The number of hydrogen-bond donors (Lipinski definition) is 1. The summed E-state index contributed by atoms with van der Waals surface area (Å²) in [4.78, 5) is 9.73. The predicted octanol–water partition coefficient (Wildman–Crippen LogP) is 2.95. The fraction of sp³-hybridized carbons (Fsp3) is 0.944. The summed E-state index contributed by atoms with van der Waals surface area (Å²) in [6, 6.07) is 0. The number of rotatable bonds is 4. The molecule has 1 spiro atoms. The molecule has 0 amide bonds. The zero-order valence-electron chi connectivity index (χ0n) is 15.4. The van der Waals surface area contributed by atoms with E-state index < -0.39 is 0 Å². The SMILES string of the molecule is CCNC(=NCC(C)(C)N(C)C)N1CCC2(CCCCC2)C1. The fourth-order valence-electron chi connectivity index (χ4n) is 3.66. The van der Waals surface area contributed by atoms with Crippen LogP contribution in [0.2, 0.25) is 0 Å². The van der Waals surface area contributed by atoms with Crippen molar-refractivity contribution in [1.29, 1.82) is 0 Å². The molecule has 1 N–H and O–H groups in total. The summed E-state index contributed by atoms with van der Waals surface area (Å²) in [6.07, 6.45) is 8.49. The van der Waals surface area contributed by atoms with Gasteiger partial charge in [-0.2, -0.15) is 0 Å². The molecule has 1 saturated heterocycles. The molecule has 0 aromatic rings. The minimum absolute atomic E-state index is 0.100. The molecule has 0 bridgehead atoms. The van der Waals surface area contributed by atoms with Crippen LogP contribution in [-0.4, -0.2) is 61.6 Å². The van der Waals surface area contributed by atoms with Gasteiger partial charge in [0, 0.05) is 25.2 Å². The van der Waals surface area contributed by atoms with Gasteiger partial charge in [-0.15, -0.1) is 0 Å². The van der Waals surface area contributed by atoms with Gasteiger partial charge in [-0.25, -0.2) is 0 Å². The lowest BCUT2D eigenvalue weighted by Gasteiger charge is -2.34. The lowest BCUT2D eigenvalue weighted by molar-refractivity contribution is 0.199. The fourth-order valence-corrected chi connectivity index (χ4v) is 3.66. The van der Waals surface area contributed by atoms with Gasteiger partial charge in [0.1, 0.15) is 0 Å². The molecule has 22 heavy (non-hydrogen) atoms. The largest absolute Gasteiger partial charge is 0.357 e. The highest BCUT2D eigenvalue weighted by atomic mass is 15.3. The number of aliphatic imine (C=N–C) groups is 1. The summed E-state index contributed by atoms with van der Waals surface area (Å²) in [6.45, 7) is 10.9. The van der Waals surface area contributed by atoms with Gasteiger partial charge in [0.05, 0.1) is 6.54 Å². The van der Waals surface area contributed by atoms with Crippen molar-refractivity contribution in [2.75, 3.05) is 40.3 Å². The molecule has 1 aliphatic carbocycles. The summed E-state index contributed by atoms with van der Waals surface area (Å²) < 4.78 is 0. The van der Waals surface area contributed by atoms with E-state index in [1.165, 1.54) is 51.6 Å². The van der Waals surface area contributed by atoms with Crippen LogP contribution in [0.15, 0.2) is 4.99 Å². The second kappa shape index (κ2) is 7.20. The van der Waals surface area contributed by atoms with E-state index in [9.17, 15) is 0 Å². The lowest BCUT2D eigenvalue weighted by Crippen LogP contribution is -2.45. The summed E-state index contributed by atoms with van der Waals surface area (Å²) in [5, 5.41) is 3.52. The molecule has 1 aliphatic heterocycles. The average molecular weight is 309 g/mol. The monoisotopic (exact) mass is 308 g/mol. The van der Waals surface area contributed by atoms with Crippen LogP contribution in [0.25, 0.3) is 0 Å². The first-order valence-corrected chi connectivity index (χ1v) is 9.09. The number of likely N-dealkylation sites (tertiary alicyclic amines) is 1. The molecule has 2 rings (SSSR count). The molecule has 0 radical (unpaired) electrons. The summed E-state index contributed by atoms with van der Waals surface area (Å²) in [5.74, 6) is 1.12. The second-order valence-corrected chi connectivity index (χ2v) is 8.11. The predicted molar refractivity (Wildman–Crippen MR) is 95.5 cm³/mol. The maximum absolute atomic E-state index is 4.96. The Bertz CT molecular complexity index is 381. The van der Waals surface area contributed by atoms with Crippen molar-refractivity contribution in [3.8, 4) is 0 Å².